The Labute approximate surface area is 126 Å². The van der Waals surface area contributed by atoms with Gasteiger partial charge in [0.2, 0.25) is 0 Å². The van der Waals surface area contributed by atoms with E-state index in [2.05, 4.69) is 5.32 Å². The highest BCUT2D eigenvalue weighted by atomic mass is 35.5. The van der Waals surface area contributed by atoms with Gasteiger partial charge in [-0.25, -0.2) is 8.78 Å². The lowest BCUT2D eigenvalue weighted by Gasteiger charge is -2.08. The summed E-state index contributed by atoms with van der Waals surface area (Å²) < 4.78 is 28.0. The Hall–Kier alpha value is -1.10. The van der Waals surface area contributed by atoms with Crippen molar-refractivity contribution in [2.45, 2.75) is 23.3 Å². The van der Waals surface area contributed by atoms with Crippen LogP contribution >= 0.6 is 23.4 Å². The van der Waals surface area contributed by atoms with E-state index in [-0.39, 0.29) is 4.90 Å². The average molecular weight is 314 g/mol. The minimum Gasteiger partial charge on any atom is -0.313 e. The molecule has 0 saturated carbocycles. The summed E-state index contributed by atoms with van der Waals surface area (Å²) >= 11 is 6.90. The maximum Gasteiger partial charge on any atom is 0.140 e. The first-order valence-electron chi connectivity index (χ1n) is 6.22. The summed E-state index contributed by atoms with van der Waals surface area (Å²) in [4.78, 5) is 0.697. The molecule has 0 aliphatic rings. The molecule has 0 spiro atoms. The van der Waals surface area contributed by atoms with Gasteiger partial charge in [0.25, 0.3) is 0 Å². The summed E-state index contributed by atoms with van der Waals surface area (Å²) in [5, 5.41) is 3.58. The zero-order valence-corrected chi connectivity index (χ0v) is 12.5. The standard InChI is InChI=1S/C15H14ClF2NS/c1-2-19-9-10-6-13(17)15(14(18)7-10)20-12-5-3-4-11(16)8-12/h3-8,19H,2,9H2,1H3. The fourth-order valence-corrected chi connectivity index (χ4v) is 2.87. The summed E-state index contributed by atoms with van der Waals surface area (Å²) in [5.74, 6) is -1.11. The van der Waals surface area contributed by atoms with Gasteiger partial charge in [-0.1, -0.05) is 36.4 Å². The molecule has 0 heterocycles. The number of hydrogen-bond acceptors (Lipinski definition) is 2. The summed E-state index contributed by atoms with van der Waals surface area (Å²) in [6, 6.07) is 9.63. The molecule has 5 heteroatoms. The Morgan fingerprint density at radius 2 is 1.85 bits per heavy atom. The van der Waals surface area contributed by atoms with Crippen LogP contribution in [0.15, 0.2) is 46.2 Å². The molecule has 0 aromatic heterocycles. The fourth-order valence-electron chi connectivity index (χ4n) is 1.73. The van der Waals surface area contributed by atoms with Crippen LogP contribution in [0.1, 0.15) is 12.5 Å². The zero-order chi connectivity index (χ0) is 14.5. The minimum atomic E-state index is -0.553. The van der Waals surface area contributed by atoms with E-state index in [4.69, 9.17) is 11.6 Å². The fraction of sp³-hybridized carbons (Fsp3) is 0.200. The molecule has 0 aliphatic carbocycles. The normalized spacial score (nSPS) is 10.8. The Bertz CT molecular complexity index is 581. The Kier molecular flexibility index (Phi) is 5.40. The largest absolute Gasteiger partial charge is 0.313 e. The molecule has 2 rings (SSSR count). The van der Waals surface area contributed by atoms with Gasteiger partial charge in [0, 0.05) is 16.5 Å². The van der Waals surface area contributed by atoms with Crippen molar-refractivity contribution in [1.82, 2.24) is 5.32 Å². The smallest absolute Gasteiger partial charge is 0.140 e. The van der Waals surface area contributed by atoms with Crippen LogP contribution in [-0.2, 0) is 6.54 Å². The van der Waals surface area contributed by atoms with Crippen molar-refractivity contribution in [3.63, 3.8) is 0 Å². The van der Waals surface area contributed by atoms with Gasteiger partial charge < -0.3 is 5.32 Å². The molecule has 0 fully saturated rings. The van der Waals surface area contributed by atoms with E-state index in [1.54, 1.807) is 24.3 Å². The number of halogens is 3. The number of rotatable bonds is 5. The average Bonchev–Trinajstić information content (AvgIpc) is 2.40. The molecule has 0 bridgehead atoms. The van der Waals surface area contributed by atoms with E-state index in [0.29, 0.717) is 22.0 Å². The molecular weight excluding hydrogens is 300 g/mol. The van der Waals surface area contributed by atoms with Crippen LogP contribution in [0, 0.1) is 11.6 Å². The van der Waals surface area contributed by atoms with Crippen molar-refractivity contribution in [2.24, 2.45) is 0 Å². The van der Waals surface area contributed by atoms with Gasteiger partial charge >= 0.3 is 0 Å². The van der Waals surface area contributed by atoms with Crippen molar-refractivity contribution >= 4 is 23.4 Å². The second-order valence-corrected chi connectivity index (χ2v) is 5.75. The van der Waals surface area contributed by atoms with Crippen molar-refractivity contribution < 1.29 is 8.78 Å². The van der Waals surface area contributed by atoms with Crippen molar-refractivity contribution in [3.05, 3.63) is 58.6 Å². The molecule has 1 nitrogen and oxygen atoms in total. The van der Waals surface area contributed by atoms with Gasteiger partial charge in [0.1, 0.15) is 11.6 Å². The first-order valence-corrected chi connectivity index (χ1v) is 7.41. The van der Waals surface area contributed by atoms with Crippen LogP contribution in [0.5, 0.6) is 0 Å². The Morgan fingerprint density at radius 3 is 2.45 bits per heavy atom. The van der Waals surface area contributed by atoms with E-state index in [9.17, 15) is 8.78 Å². The van der Waals surface area contributed by atoms with E-state index < -0.39 is 11.6 Å². The number of nitrogens with one attached hydrogen (secondary N) is 1. The monoisotopic (exact) mass is 313 g/mol. The lowest BCUT2D eigenvalue weighted by Crippen LogP contribution is -2.12. The molecule has 0 amide bonds. The van der Waals surface area contributed by atoms with Gasteiger partial charge in [-0.2, -0.15) is 0 Å². The van der Waals surface area contributed by atoms with Crippen LogP contribution in [0.4, 0.5) is 8.78 Å². The maximum absolute atomic E-state index is 14.0. The van der Waals surface area contributed by atoms with Crippen molar-refractivity contribution in [2.75, 3.05) is 6.54 Å². The second-order valence-electron chi connectivity index (χ2n) is 4.23. The van der Waals surface area contributed by atoms with Gasteiger partial charge in [-0.05, 0) is 42.4 Å². The summed E-state index contributed by atoms with van der Waals surface area (Å²) in [7, 11) is 0. The molecule has 0 unspecified atom stereocenters. The Morgan fingerprint density at radius 1 is 1.15 bits per heavy atom. The molecular formula is C15H14ClF2NS. The Balaban J connectivity index is 2.24. The van der Waals surface area contributed by atoms with Gasteiger partial charge in [0.15, 0.2) is 0 Å². The maximum atomic E-state index is 14.0. The summed E-state index contributed by atoms with van der Waals surface area (Å²) in [5.41, 5.74) is 0.595. The molecule has 0 saturated heterocycles. The number of benzene rings is 2. The van der Waals surface area contributed by atoms with Crippen LogP contribution in [0.3, 0.4) is 0 Å². The summed E-state index contributed by atoms with van der Waals surface area (Å²) in [6.07, 6.45) is 0. The van der Waals surface area contributed by atoms with Gasteiger partial charge in [-0.15, -0.1) is 0 Å². The molecule has 106 valence electrons. The molecule has 2 aromatic rings. The topological polar surface area (TPSA) is 12.0 Å². The highest BCUT2D eigenvalue weighted by Crippen LogP contribution is 2.33. The van der Waals surface area contributed by atoms with Crippen LogP contribution in [-0.4, -0.2) is 6.54 Å². The highest BCUT2D eigenvalue weighted by Gasteiger charge is 2.13. The van der Waals surface area contributed by atoms with Crippen molar-refractivity contribution in [3.8, 4) is 0 Å². The third-order valence-electron chi connectivity index (χ3n) is 2.65. The van der Waals surface area contributed by atoms with Crippen LogP contribution < -0.4 is 5.32 Å². The lowest BCUT2D eigenvalue weighted by atomic mass is 10.2. The van der Waals surface area contributed by atoms with E-state index in [1.807, 2.05) is 6.92 Å². The minimum absolute atomic E-state index is 0.00693. The van der Waals surface area contributed by atoms with E-state index >= 15 is 0 Å². The molecule has 2 aromatic carbocycles. The molecule has 20 heavy (non-hydrogen) atoms. The van der Waals surface area contributed by atoms with Crippen LogP contribution in [0.25, 0.3) is 0 Å². The van der Waals surface area contributed by atoms with Crippen LogP contribution in [0.2, 0.25) is 5.02 Å². The summed E-state index contributed by atoms with van der Waals surface area (Å²) in [6.45, 7) is 3.14. The molecule has 0 radical (unpaired) electrons. The third-order valence-corrected chi connectivity index (χ3v) is 3.97. The first-order chi connectivity index (χ1) is 9.60. The number of hydrogen-bond donors (Lipinski definition) is 1. The quantitative estimate of drug-likeness (QED) is 0.844. The molecule has 0 atom stereocenters. The van der Waals surface area contributed by atoms with Gasteiger partial charge in [0.05, 0.1) is 4.90 Å². The molecule has 0 aliphatic heterocycles. The van der Waals surface area contributed by atoms with E-state index in [1.165, 1.54) is 12.1 Å². The lowest BCUT2D eigenvalue weighted by molar-refractivity contribution is 0.535. The SMILES string of the molecule is CCNCc1cc(F)c(Sc2cccc(Cl)c2)c(F)c1. The predicted molar refractivity (Wildman–Crippen MR) is 79.3 cm³/mol. The van der Waals surface area contributed by atoms with Crippen molar-refractivity contribution in [1.29, 1.82) is 0 Å². The zero-order valence-electron chi connectivity index (χ0n) is 10.9. The first kappa shape index (κ1) is 15.3. The second kappa shape index (κ2) is 7.07. The predicted octanol–water partition coefficient (Wildman–Crippen LogP) is 4.88. The van der Waals surface area contributed by atoms with Gasteiger partial charge in [-0.3, -0.25) is 0 Å². The third kappa shape index (κ3) is 3.95. The highest BCUT2D eigenvalue weighted by molar-refractivity contribution is 7.99. The molecule has 1 N–H and O–H groups in total. The van der Waals surface area contributed by atoms with E-state index in [0.717, 1.165) is 18.3 Å².